The van der Waals surface area contributed by atoms with Gasteiger partial charge in [0.2, 0.25) is 6.41 Å². The lowest BCUT2D eigenvalue weighted by Gasteiger charge is -2.33. The Labute approximate surface area is 158 Å². The fraction of sp³-hybridized carbons (Fsp3) is 0.727. The van der Waals surface area contributed by atoms with Gasteiger partial charge in [0, 0.05) is 18.4 Å². The van der Waals surface area contributed by atoms with E-state index in [9.17, 15) is 4.79 Å². The van der Waals surface area contributed by atoms with Crippen LogP contribution < -0.4 is 5.32 Å². The summed E-state index contributed by atoms with van der Waals surface area (Å²) in [6.45, 7) is 18.7. The standard InChI is InChI=1S/C9H17NO.C7H9N.3C2H6/c1-9(2)5-3-8(4-6-9)10-7-11;1-2-7-4-3-5-8-6-7;3*1-2/h7-8H,3-6H2,1-2H3,(H,10,11);3-6H,2H2,1H3;3*1-2H3. The first-order valence-corrected chi connectivity index (χ1v) is 10.2. The van der Waals surface area contributed by atoms with Gasteiger partial charge in [-0.05, 0) is 49.1 Å². The summed E-state index contributed by atoms with van der Waals surface area (Å²) in [6.07, 6.45) is 10.3. The van der Waals surface area contributed by atoms with Crippen molar-refractivity contribution in [2.45, 2.75) is 100 Å². The van der Waals surface area contributed by atoms with Crippen LogP contribution in [-0.4, -0.2) is 17.4 Å². The third-order valence-corrected chi connectivity index (χ3v) is 3.77. The van der Waals surface area contributed by atoms with Crippen molar-refractivity contribution in [1.82, 2.24) is 10.3 Å². The number of hydrogen-bond acceptors (Lipinski definition) is 2. The number of carbonyl (C=O) groups excluding carboxylic acids is 1. The number of aromatic nitrogens is 1. The Balaban J connectivity index is -0.000000305. The molecule has 0 radical (unpaired) electrons. The zero-order valence-electron chi connectivity index (χ0n) is 18.4. The second-order valence-corrected chi connectivity index (χ2v) is 5.94. The highest BCUT2D eigenvalue weighted by molar-refractivity contribution is 5.46. The Bertz CT molecular complexity index is 354. The van der Waals surface area contributed by atoms with Gasteiger partial charge in [-0.3, -0.25) is 9.78 Å². The van der Waals surface area contributed by atoms with Crippen molar-refractivity contribution >= 4 is 6.41 Å². The average molecular weight is 353 g/mol. The maximum atomic E-state index is 10.1. The molecular formula is C22H44N2O. The molecule has 0 aliphatic heterocycles. The van der Waals surface area contributed by atoms with Crippen LogP contribution in [0.4, 0.5) is 0 Å². The Morgan fingerprint density at radius 1 is 1.12 bits per heavy atom. The first-order valence-electron chi connectivity index (χ1n) is 10.2. The highest BCUT2D eigenvalue weighted by Gasteiger charge is 2.26. The molecule has 1 aliphatic rings. The van der Waals surface area contributed by atoms with E-state index >= 15 is 0 Å². The third-order valence-electron chi connectivity index (χ3n) is 3.77. The van der Waals surface area contributed by atoms with Crippen LogP contribution in [0.2, 0.25) is 0 Å². The molecule has 0 atom stereocenters. The normalized spacial score (nSPS) is 14.4. The van der Waals surface area contributed by atoms with E-state index in [2.05, 4.69) is 37.1 Å². The molecule has 1 aliphatic carbocycles. The largest absolute Gasteiger partial charge is 0.356 e. The topological polar surface area (TPSA) is 42.0 Å². The smallest absolute Gasteiger partial charge is 0.207 e. The number of aryl methyl sites for hydroxylation is 1. The molecule has 0 aromatic carbocycles. The minimum absolute atomic E-state index is 0.445. The maximum absolute atomic E-state index is 10.1. The van der Waals surface area contributed by atoms with Gasteiger partial charge in [-0.1, -0.05) is 68.4 Å². The van der Waals surface area contributed by atoms with Crippen molar-refractivity contribution in [2.75, 3.05) is 0 Å². The zero-order chi connectivity index (χ0) is 20.1. The molecule has 0 spiro atoms. The Kier molecular flexibility index (Phi) is 23.5. The number of rotatable bonds is 3. The van der Waals surface area contributed by atoms with Crippen LogP contribution in [0.5, 0.6) is 0 Å². The lowest BCUT2D eigenvalue weighted by molar-refractivity contribution is -0.110. The van der Waals surface area contributed by atoms with E-state index in [0.29, 0.717) is 11.5 Å². The molecule has 1 saturated carbocycles. The maximum Gasteiger partial charge on any atom is 0.207 e. The van der Waals surface area contributed by atoms with Gasteiger partial charge in [-0.2, -0.15) is 0 Å². The van der Waals surface area contributed by atoms with Crippen LogP contribution in [-0.2, 0) is 11.2 Å². The second kappa shape index (κ2) is 20.7. The summed E-state index contributed by atoms with van der Waals surface area (Å²) in [4.78, 5) is 14.1. The Morgan fingerprint density at radius 2 is 1.64 bits per heavy atom. The molecule has 0 bridgehead atoms. The molecule has 1 N–H and O–H groups in total. The average Bonchev–Trinajstić information content (AvgIpc) is 2.69. The number of hydrogen-bond donors (Lipinski definition) is 1. The molecule has 3 heteroatoms. The Morgan fingerprint density at radius 3 is 1.96 bits per heavy atom. The fourth-order valence-corrected chi connectivity index (χ4v) is 2.27. The van der Waals surface area contributed by atoms with Crippen molar-refractivity contribution in [3.63, 3.8) is 0 Å². The number of pyridine rings is 1. The predicted octanol–water partition coefficient (Wildman–Crippen LogP) is 6.42. The number of nitrogens with zero attached hydrogens (tertiary/aromatic N) is 1. The van der Waals surface area contributed by atoms with Crippen LogP contribution in [0, 0.1) is 5.41 Å². The van der Waals surface area contributed by atoms with E-state index in [-0.39, 0.29) is 0 Å². The number of nitrogens with one attached hydrogen (secondary N) is 1. The highest BCUT2D eigenvalue weighted by Crippen LogP contribution is 2.34. The summed E-state index contributed by atoms with van der Waals surface area (Å²) in [5.41, 5.74) is 1.80. The van der Waals surface area contributed by atoms with Crippen LogP contribution in [0.15, 0.2) is 24.5 Å². The SMILES string of the molecule is CC.CC.CC.CC1(C)CCC(NC=O)CC1.CCc1cccnc1. The quantitative estimate of drug-likeness (QED) is 0.637. The van der Waals surface area contributed by atoms with Gasteiger partial charge in [0.25, 0.3) is 0 Å². The van der Waals surface area contributed by atoms with Gasteiger partial charge in [0.05, 0.1) is 0 Å². The minimum Gasteiger partial charge on any atom is -0.356 e. The van der Waals surface area contributed by atoms with Crippen LogP contribution >= 0.6 is 0 Å². The van der Waals surface area contributed by atoms with Crippen molar-refractivity contribution < 1.29 is 4.79 Å². The van der Waals surface area contributed by atoms with Crippen molar-refractivity contribution in [2.24, 2.45) is 5.41 Å². The molecule has 0 saturated heterocycles. The van der Waals surface area contributed by atoms with E-state index in [1.165, 1.54) is 18.4 Å². The summed E-state index contributed by atoms with van der Waals surface area (Å²) < 4.78 is 0. The minimum atomic E-state index is 0.445. The molecule has 148 valence electrons. The monoisotopic (exact) mass is 352 g/mol. The van der Waals surface area contributed by atoms with Crippen LogP contribution in [0.1, 0.15) is 93.6 Å². The van der Waals surface area contributed by atoms with Crippen molar-refractivity contribution in [3.8, 4) is 0 Å². The van der Waals surface area contributed by atoms with E-state index in [4.69, 9.17) is 0 Å². The van der Waals surface area contributed by atoms with Gasteiger partial charge >= 0.3 is 0 Å². The molecule has 1 aromatic heterocycles. The van der Waals surface area contributed by atoms with Gasteiger partial charge < -0.3 is 5.32 Å². The van der Waals surface area contributed by atoms with E-state index in [1.807, 2.05) is 53.8 Å². The lowest BCUT2D eigenvalue weighted by atomic mass is 9.76. The van der Waals surface area contributed by atoms with E-state index < -0.39 is 0 Å². The molecule has 1 heterocycles. The molecule has 2 rings (SSSR count). The molecule has 1 fully saturated rings. The molecule has 1 amide bonds. The van der Waals surface area contributed by atoms with Crippen LogP contribution in [0.25, 0.3) is 0 Å². The molecule has 1 aromatic rings. The second-order valence-electron chi connectivity index (χ2n) is 5.94. The molecular weight excluding hydrogens is 308 g/mol. The lowest BCUT2D eigenvalue weighted by Crippen LogP contribution is -2.34. The number of carbonyl (C=O) groups is 1. The van der Waals surface area contributed by atoms with Gasteiger partial charge in [-0.25, -0.2) is 0 Å². The summed E-state index contributed by atoms with van der Waals surface area (Å²) in [5, 5.41) is 2.84. The third kappa shape index (κ3) is 17.2. The predicted molar refractivity (Wildman–Crippen MR) is 113 cm³/mol. The Hall–Kier alpha value is -1.38. The van der Waals surface area contributed by atoms with Crippen molar-refractivity contribution in [1.29, 1.82) is 0 Å². The van der Waals surface area contributed by atoms with E-state index in [1.54, 1.807) is 6.20 Å². The summed E-state index contributed by atoms with van der Waals surface area (Å²) >= 11 is 0. The van der Waals surface area contributed by atoms with Gasteiger partial charge in [0.15, 0.2) is 0 Å². The van der Waals surface area contributed by atoms with Crippen LogP contribution in [0.3, 0.4) is 0 Å². The zero-order valence-corrected chi connectivity index (χ0v) is 18.4. The molecule has 25 heavy (non-hydrogen) atoms. The van der Waals surface area contributed by atoms with Crippen molar-refractivity contribution in [3.05, 3.63) is 30.1 Å². The molecule has 0 unspecified atom stereocenters. The summed E-state index contributed by atoms with van der Waals surface area (Å²) in [7, 11) is 0. The summed E-state index contributed by atoms with van der Waals surface area (Å²) in [5.74, 6) is 0. The first-order chi connectivity index (χ1) is 12.1. The number of amides is 1. The first kappa shape index (κ1) is 28.4. The summed E-state index contributed by atoms with van der Waals surface area (Å²) in [6, 6.07) is 4.48. The van der Waals surface area contributed by atoms with Gasteiger partial charge in [-0.15, -0.1) is 0 Å². The van der Waals surface area contributed by atoms with Gasteiger partial charge in [0.1, 0.15) is 0 Å². The van der Waals surface area contributed by atoms with E-state index in [0.717, 1.165) is 25.7 Å². The highest BCUT2D eigenvalue weighted by atomic mass is 16.1. The fourth-order valence-electron chi connectivity index (χ4n) is 2.27. The molecule has 3 nitrogen and oxygen atoms in total.